The minimum Gasteiger partial charge on any atom is -0.461 e. The lowest BCUT2D eigenvalue weighted by molar-refractivity contribution is -0.118. The van der Waals surface area contributed by atoms with Crippen LogP contribution in [0.15, 0.2) is 62.7 Å². The van der Waals surface area contributed by atoms with Crippen molar-refractivity contribution in [3.05, 3.63) is 70.0 Å². The van der Waals surface area contributed by atoms with Crippen LogP contribution in [0.3, 0.4) is 0 Å². The van der Waals surface area contributed by atoms with Crippen LogP contribution in [0.4, 0.5) is 0 Å². The Morgan fingerprint density at radius 1 is 1.29 bits per heavy atom. The average Bonchev–Trinajstić information content (AvgIpc) is 3.57. The molecule has 0 saturated heterocycles. The zero-order valence-electron chi connectivity index (χ0n) is 18.3. The number of nitrogens with zero attached hydrogens (tertiary/aromatic N) is 2. The van der Waals surface area contributed by atoms with E-state index in [4.69, 9.17) is 13.9 Å². The maximum atomic E-state index is 13.4. The van der Waals surface area contributed by atoms with E-state index in [1.54, 1.807) is 6.08 Å². The van der Waals surface area contributed by atoms with Gasteiger partial charge in [-0.15, -0.1) is 17.9 Å². The molecule has 34 heavy (non-hydrogen) atoms. The Morgan fingerprint density at radius 3 is 2.94 bits per heavy atom. The minimum absolute atomic E-state index is 0.120. The highest BCUT2D eigenvalue weighted by molar-refractivity contribution is 7.99. The minimum atomic E-state index is -0.182. The van der Waals surface area contributed by atoms with Crippen LogP contribution < -0.4 is 20.3 Å². The fraction of sp³-hybridized carbons (Fsp3) is 0.208. The average molecular weight is 496 g/mol. The number of aryl methyl sites for hydroxylation is 1. The zero-order valence-corrected chi connectivity index (χ0v) is 20.0. The molecule has 0 fully saturated rings. The van der Waals surface area contributed by atoms with Crippen molar-refractivity contribution in [2.45, 2.75) is 25.2 Å². The van der Waals surface area contributed by atoms with Gasteiger partial charge in [0.1, 0.15) is 16.4 Å². The molecule has 0 saturated carbocycles. The summed E-state index contributed by atoms with van der Waals surface area (Å²) >= 11 is 2.60. The van der Waals surface area contributed by atoms with Crippen LogP contribution in [0.5, 0.6) is 11.5 Å². The third kappa shape index (κ3) is 4.34. The van der Waals surface area contributed by atoms with Gasteiger partial charge < -0.3 is 19.2 Å². The van der Waals surface area contributed by atoms with Gasteiger partial charge >= 0.3 is 0 Å². The highest BCUT2D eigenvalue weighted by Gasteiger charge is 2.19. The van der Waals surface area contributed by atoms with E-state index in [0.717, 1.165) is 16.9 Å². The molecule has 0 aliphatic carbocycles. The maximum absolute atomic E-state index is 13.4. The molecule has 1 aliphatic heterocycles. The van der Waals surface area contributed by atoms with E-state index in [-0.39, 0.29) is 30.6 Å². The van der Waals surface area contributed by atoms with Gasteiger partial charge in [0.2, 0.25) is 12.7 Å². The Labute approximate surface area is 203 Å². The van der Waals surface area contributed by atoms with Crippen molar-refractivity contribution in [3.8, 4) is 22.8 Å². The molecule has 0 radical (unpaired) electrons. The van der Waals surface area contributed by atoms with E-state index in [1.165, 1.54) is 27.7 Å². The van der Waals surface area contributed by atoms with Crippen LogP contribution in [0.1, 0.15) is 11.3 Å². The molecule has 10 heteroatoms. The lowest BCUT2D eigenvalue weighted by Crippen LogP contribution is -2.26. The molecule has 0 atom stereocenters. The first-order chi connectivity index (χ1) is 16.5. The molecule has 8 nitrogen and oxygen atoms in total. The first kappa shape index (κ1) is 22.3. The van der Waals surface area contributed by atoms with Crippen molar-refractivity contribution < 1.29 is 18.7 Å². The molecular weight excluding hydrogens is 474 g/mol. The Hall–Kier alpha value is -3.50. The van der Waals surface area contributed by atoms with Crippen LogP contribution in [-0.4, -0.2) is 28.0 Å². The molecule has 0 bridgehead atoms. The molecule has 0 spiro atoms. The summed E-state index contributed by atoms with van der Waals surface area (Å²) in [4.78, 5) is 31.1. The fourth-order valence-corrected chi connectivity index (χ4v) is 5.41. The van der Waals surface area contributed by atoms with Gasteiger partial charge in [0.05, 0.1) is 11.1 Å². The number of furan rings is 1. The largest absolute Gasteiger partial charge is 0.461 e. The summed E-state index contributed by atoms with van der Waals surface area (Å²) < 4.78 is 17.9. The number of allylic oxidation sites excluding steroid dienone is 1. The summed E-state index contributed by atoms with van der Waals surface area (Å²) in [5, 5.41) is 5.75. The highest BCUT2D eigenvalue weighted by Crippen LogP contribution is 2.34. The van der Waals surface area contributed by atoms with Crippen LogP contribution in [0, 0.1) is 6.92 Å². The van der Waals surface area contributed by atoms with Gasteiger partial charge in [-0.2, -0.15) is 0 Å². The predicted octanol–water partition coefficient (Wildman–Crippen LogP) is 4.35. The zero-order chi connectivity index (χ0) is 23.7. The van der Waals surface area contributed by atoms with E-state index >= 15 is 0 Å². The first-order valence-corrected chi connectivity index (χ1v) is 12.4. The van der Waals surface area contributed by atoms with Crippen molar-refractivity contribution >= 4 is 39.2 Å². The van der Waals surface area contributed by atoms with Crippen LogP contribution in [0.2, 0.25) is 0 Å². The first-order valence-electron chi connectivity index (χ1n) is 10.5. The van der Waals surface area contributed by atoms with Gasteiger partial charge in [-0.3, -0.25) is 14.2 Å². The van der Waals surface area contributed by atoms with E-state index in [2.05, 4.69) is 16.9 Å². The second-order valence-corrected chi connectivity index (χ2v) is 9.39. The molecule has 1 aromatic carbocycles. The quantitative estimate of drug-likeness (QED) is 0.221. The number of fused-ring (bicyclic) bond motifs is 2. The van der Waals surface area contributed by atoms with Crippen LogP contribution in [0.25, 0.3) is 21.5 Å². The third-order valence-corrected chi connectivity index (χ3v) is 7.08. The molecule has 5 rings (SSSR count). The number of carbonyl (C=O) groups excluding carboxylic acids is 1. The number of ether oxygens (including phenoxy) is 2. The van der Waals surface area contributed by atoms with Gasteiger partial charge in [0.25, 0.3) is 5.56 Å². The molecule has 1 amide bonds. The topological polar surface area (TPSA) is 95.6 Å². The monoisotopic (exact) mass is 495 g/mol. The number of hydrogen-bond acceptors (Lipinski definition) is 8. The van der Waals surface area contributed by atoms with E-state index in [9.17, 15) is 9.59 Å². The fourth-order valence-electron chi connectivity index (χ4n) is 3.60. The molecule has 1 aliphatic rings. The third-order valence-electron chi connectivity index (χ3n) is 5.24. The SMILES string of the molecule is C=CCn1c(SCC(=O)NCc2ccc3c(c2)OCO3)nc2scc(-c3ccc(C)o3)c2c1=O. The molecule has 4 aromatic rings. The standard InChI is InChI=1S/C24H21N3O5S2/c1-3-8-27-23(29)21-16(17-6-4-14(2)32-17)11-33-22(21)26-24(27)34-12-20(28)25-10-15-5-7-18-19(9-15)31-13-30-18/h3-7,9,11H,1,8,10,12-13H2,2H3,(H,25,28). The number of rotatable bonds is 8. The van der Waals surface area contributed by atoms with Gasteiger partial charge in [-0.25, -0.2) is 4.98 Å². The summed E-state index contributed by atoms with van der Waals surface area (Å²) in [6.07, 6.45) is 1.64. The molecule has 0 unspecified atom stereocenters. The number of carbonyl (C=O) groups is 1. The van der Waals surface area contributed by atoms with Crippen LogP contribution in [-0.2, 0) is 17.9 Å². The number of thioether (sulfide) groups is 1. The molecular formula is C24H21N3O5S2. The Morgan fingerprint density at radius 2 is 2.15 bits per heavy atom. The Kier molecular flexibility index (Phi) is 6.16. The molecule has 1 N–H and O–H groups in total. The summed E-state index contributed by atoms with van der Waals surface area (Å²) in [5.74, 6) is 2.73. The van der Waals surface area contributed by atoms with Gasteiger partial charge in [-0.05, 0) is 36.8 Å². The summed E-state index contributed by atoms with van der Waals surface area (Å²) in [5.41, 5.74) is 1.45. The predicted molar refractivity (Wildman–Crippen MR) is 132 cm³/mol. The summed E-state index contributed by atoms with van der Waals surface area (Å²) in [6.45, 7) is 6.48. The van der Waals surface area contributed by atoms with Gasteiger partial charge in [0.15, 0.2) is 16.7 Å². The lowest BCUT2D eigenvalue weighted by Gasteiger charge is -2.11. The summed E-state index contributed by atoms with van der Waals surface area (Å²) in [7, 11) is 0. The summed E-state index contributed by atoms with van der Waals surface area (Å²) in [6, 6.07) is 9.27. The van der Waals surface area contributed by atoms with Gasteiger partial charge in [-0.1, -0.05) is 23.9 Å². The second kappa shape index (κ2) is 9.40. The number of hydrogen-bond donors (Lipinski definition) is 1. The van der Waals surface area contributed by atoms with Crippen molar-refractivity contribution in [2.24, 2.45) is 0 Å². The Bertz CT molecular complexity index is 1450. The Balaban J connectivity index is 1.32. The molecule has 174 valence electrons. The number of aromatic nitrogens is 2. The highest BCUT2D eigenvalue weighted by atomic mass is 32.2. The van der Waals surface area contributed by atoms with E-state index < -0.39 is 0 Å². The van der Waals surface area contributed by atoms with E-state index in [1.807, 2.05) is 42.6 Å². The number of amides is 1. The number of thiophene rings is 1. The normalized spacial score (nSPS) is 12.3. The molecule has 3 aromatic heterocycles. The second-order valence-electron chi connectivity index (χ2n) is 7.59. The van der Waals surface area contributed by atoms with Crippen molar-refractivity contribution in [1.29, 1.82) is 0 Å². The van der Waals surface area contributed by atoms with Crippen LogP contribution >= 0.6 is 23.1 Å². The van der Waals surface area contributed by atoms with Gasteiger partial charge in [0, 0.05) is 24.0 Å². The number of benzene rings is 1. The number of nitrogens with one attached hydrogen (secondary N) is 1. The van der Waals surface area contributed by atoms with E-state index in [0.29, 0.717) is 39.2 Å². The maximum Gasteiger partial charge on any atom is 0.263 e. The smallest absolute Gasteiger partial charge is 0.263 e. The van der Waals surface area contributed by atoms with Crippen molar-refractivity contribution in [3.63, 3.8) is 0 Å². The van der Waals surface area contributed by atoms with Crippen molar-refractivity contribution in [2.75, 3.05) is 12.5 Å². The molecule has 4 heterocycles. The lowest BCUT2D eigenvalue weighted by atomic mass is 10.2. The van der Waals surface area contributed by atoms with Crippen molar-refractivity contribution in [1.82, 2.24) is 14.9 Å².